The number of halogens is 3. The van der Waals surface area contributed by atoms with Crippen molar-refractivity contribution in [1.29, 1.82) is 0 Å². The second kappa shape index (κ2) is 4.49. The Kier molecular flexibility index (Phi) is 3.38. The van der Waals surface area contributed by atoms with Crippen LogP contribution in [0.5, 0.6) is 0 Å². The van der Waals surface area contributed by atoms with Crippen molar-refractivity contribution in [1.82, 2.24) is 5.32 Å². The van der Waals surface area contributed by atoms with Crippen LogP contribution in [0.4, 0.5) is 13.2 Å². The molecule has 0 aromatic heterocycles. The number of rotatable bonds is 2. The van der Waals surface area contributed by atoms with Crippen molar-refractivity contribution >= 4 is 9.84 Å². The zero-order valence-corrected chi connectivity index (χ0v) is 11.3. The van der Waals surface area contributed by atoms with Gasteiger partial charge in [-0.1, -0.05) is 0 Å². The van der Waals surface area contributed by atoms with E-state index in [0.717, 1.165) is 18.2 Å². The highest BCUT2D eigenvalue weighted by Crippen LogP contribution is 2.40. The highest BCUT2D eigenvalue weighted by atomic mass is 32.2. The first-order valence-electron chi connectivity index (χ1n) is 5.78. The topological polar surface area (TPSA) is 46.2 Å². The van der Waals surface area contributed by atoms with Crippen LogP contribution in [-0.4, -0.2) is 27.3 Å². The first-order valence-corrected chi connectivity index (χ1v) is 7.43. The number of benzene rings is 1. The summed E-state index contributed by atoms with van der Waals surface area (Å²) in [6, 6.07) is 2.64. The number of sulfone groups is 1. The lowest BCUT2D eigenvalue weighted by Gasteiger charge is -2.19. The molecule has 7 heteroatoms. The van der Waals surface area contributed by atoms with Crippen molar-refractivity contribution in [2.45, 2.75) is 30.0 Å². The van der Waals surface area contributed by atoms with Crippen LogP contribution in [-0.2, 0) is 16.0 Å². The molecule has 1 N–H and O–H groups in total. The highest BCUT2D eigenvalue weighted by Gasteiger charge is 2.40. The van der Waals surface area contributed by atoms with Crippen molar-refractivity contribution in [2.24, 2.45) is 0 Å². The summed E-state index contributed by atoms with van der Waals surface area (Å²) in [6.45, 7) is 1.76. The second-order valence-corrected chi connectivity index (χ2v) is 6.72. The predicted octanol–water partition coefficient (Wildman–Crippen LogP) is 2.18. The molecule has 0 radical (unpaired) electrons. The fourth-order valence-electron chi connectivity index (χ4n) is 2.33. The minimum atomic E-state index is -4.46. The maximum Gasteiger partial charge on any atom is 0.416 e. The van der Waals surface area contributed by atoms with Crippen molar-refractivity contribution in [3.8, 4) is 0 Å². The average Bonchev–Trinajstić information content (AvgIpc) is 2.59. The van der Waals surface area contributed by atoms with E-state index in [0.29, 0.717) is 0 Å². The van der Waals surface area contributed by atoms with E-state index in [9.17, 15) is 21.6 Å². The van der Waals surface area contributed by atoms with Crippen molar-refractivity contribution in [3.63, 3.8) is 0 Å². The van der Waals surface area contributed by atoms with Crippen LogP contribution in [0, 0.1) is 0 Å². The fraction of sp³-hybridized carbons (Fsp3) is 0.500. The summed E-state index contributed by atoms with van der Waals surface area (Å²) in [7, 11) is -1.82. The van der Waals surface area contributed by atoms with Crippen molar-refractivity contribution in [3.05, 3.63) is 29.3 Å². The Hall–Kier alpha value is -1.08. The zero-order valence-electron chi connectivity index (χ0n) is 10.5. The van der Waals surface area contributed by atoms with E-state index in [1.165, 1.54) is 0 Å². The van der Waals surface area contributed by atoms with E-state index in [1.807, 2.05) is 0 Å². The third-order valence-electron chi connectivity index (χ3n) is 3.53. The molecule has 1 aromatic rings. The van der Waals surface area contributed by atoms with Gasteiger partial charge in [-0.25, -0.2) is 8.42 Å². The maximum absolute atomic E-state index is 12.7. The Morgan fingerprint density at radius 3 is 2.53 bits per heavy atom. The Morgan fingerprint density at radius 2 is 2.00 bits per heavy atom. The molecule has 3 nitrogen and oxygen atoms in total. The van der Waals surface area contributed by atoms with Crippen LogP contribution >= 0.6 is 0 Å². The number of nitrogens with one attached hydrogen (secondary N) is 1. The molecule has 1 aliphatic rings. The van der Waals surface area contributed by atoms with Gasteiger partial charge >= 0.3 is 6.18 Å². The smallest absolute Gasteiger partial charge is 0.317 e. The second-order valence-electron chi connectivity index (χ2n) is 4.72. The Labute approximate surface area is 109 Å². The van der Waals surface area contributed by atoms with Crippen LogP contribution in [0.3, 0.4) is 0 Å². The third kappa shape index (κ3) is 2.49. The van der Waals surface area contributed by atoms with Gasteiger partial charge in [-0.2, -0.15) is 13.2 Å². The standard InChI is InChI=1S/C12H14F3NO2S/c1-7(16-2)10-6-19(17,18)11-4-3-8(5-9(10)11)12(13,14)15/h3-5,7,10,16H,6H2,1-2H3. The van der Waals surface area contributed by atoms with E-state index in [1.54, 1.807) is 14.0 Å². The van der Waals surface area contributed by atoms with Gasteiger partial charge in [0.1, 0.15) is 0 Å². The molecule has 0 aliphatic carbocycles. The molecule has 1 aromatic carbocycles. The minimum Gasteiger partial charge on any atom is -0.317 e. The molecule has 106 valence electrons. The predicted molar refractivity (Wildman–Crippen MR) is 64.8 cm³/mol. The van der Waals surface area contributed by atoms with E-state index < -0.39 is 27.5 Å². The molecule has 2 unspecified atom stereocenters. The molecule has 0 saturated heterocycles. The molecule has 2 atom stereocenters. The monoisotopic (exact) mass is 293 g/mol. The van der Waals surface area contributed by atoms with Gasteiger partial charge in [-0.05, 0) is 37.7 Å². The Bertz CT molecular complexity index is 595. The SMILES string of the molecule is CNC(C)C1CS(=O)(=O)c2ccc(C(F)(F)F)cc21. The first kappa shape index (κ1) is 14.3. The molecule has 0 bridgehead atoms. The quantitative estimate of drug-likeness (QED) is 0.909. The molecular formula is C12H14F3NO2S. The van der Waals surface area contributed by atoms with Gasteiger partial charge in [-0.3, -0.25) is 0 Å². The van der Waals surface area contributed by atoms with Gasteiger partial charge in [0.2, 0.25) is 0 Å². The largest absolute Gasteiger partial charge is 0.416 e. The third-order valence-corrected chi connectivity index (χ3v) is 5.37. The average molecular weight is 293 g/mol. The molecule has 0 amide bonds. The Morgan fingerprint density at radius 1 is 1.37 bits per heavy atom. The van der Waals surface area contributed by atoms with E-state index in [2.05, 4.69) is 5.32 Å². The van der Waals surface area contributed by atoms with Gasteiger partial charge in [0.25, 0.3) is 0 Å². The van der Waals surface area contributed by atoms with Gasteiger partial charge in [0, 0.05) is 12.0 Å². The molecule has 1 heterocycles. The van der Waals surface area contributed by atoms with Gasteiger partial charge in [0.15, 0.2) is 9.84 Å². The lowest BCUT2D eigenvalue weighted by atomic mass is 9.93. The highest BCUT2D eigenvalue weighted by molar-refractivity contribution is 7.91. The summed E-state index contributed by atoms with van der Waals surface area (Å²) in [5.41, 5.74) is -0.548. The summed E-state index contributed by atoms with van der Waals surface area (Å²) in [5, 5.41) is 2.90. The van der Waals surface area contributed by atoms with Crippen molar-refractivity contribution < 1.29 is 21.6 Å². The van der Waals surface area contributed by atoms with E-state index in [-0.39, 0.29) is 22.3 Å². The number of hydrogen-bond donors (Lipinski definition) is 1. The molecular weight excluding hydrogens is 279 g/mol. The summed E-state index contributed by atoms with van der Waals surface area (Å²) < 4.78 is 62.0. The summed E-state index contributed by atoms with van der Waals surface area (Å²) in [4.78, 5) is 0.0209. The molecule has 0 saturated carbocycles. The molecule has 0 spiro atoms. The van der Waals surface area contributed by atoms with Crippen LogP contribution in [0.25, 0.3) is 0 Å². The lowest BCUT2D eigenvalue weighted by molar-refractivity contribution is -0.137. The van der Waals surface area contributed by atoms with E-state index in [4.69, 9.17) is 0 Å². The molecule has 2 rings (SSSR count). The lowest BCUT2D eigenvalue weighted by Crippen LogP contribution is -2.30. The molecule has 0 fully saturated rings. The molecule has 1 aliphatic heterocycles. The van der Waals surface area contributed by atoms with Crippen LogP contribution in [0.1, 0.15) is 24.0 Å². The Balaban J connectivity index is 2.58. The molecule has 19 heavy (non-hydrogen) atoms. The summed E-state index contributed by atoms with van der Waals surface area (Å²) in [6.07, 6.45) is -4.46. The van der Waals surface area contributed by atoms with Gasteiger partial charge in [-0.15, -0.1) is 0 Å². The van der Waals surface area contributed by atoms with Crippen molar-refractivity contribution in [2.75, 3.05) is 12.8 Å². The number of alkyl halides is 3. The fourth-order valence-corrected chi connectivity index (χ4v) is 4.29. The first-order chi connectivity index (χ1) is 8.66. The number of hydrogen-bond acceptors (Lipinski definition) is 3. The number of fused-ring (bicyclic) bond motifs is 1. The zero-order chi connectivity index (χ0) is 14.4. The van der Waals surface area contributed by atoms with Crippen LogP contribution in [0.15, 0.2) is 23.1 Å². The summed E-state index contributed by atoms with van der Waals surface area (Å²) >= 11 is 0. The van der Waals surface area contributed by atoms with Crippen LogP contribution in [0.2, 0.25) is 0 Å². The van der Waals surface area contributed by atoms with Gasteiger partial charge < -0.3 is 5.32 Å². The number of likely N-dealkylation sites (N-methyl/N-ethyl adjacent to an activating group) is 1. The minimum absolute atomic E-state index is 0.0209. The van der Waals surface area contributed by atoms with Gasteiger partial charge in [0.05, 0.1) is 16.2 Å². The van der Waals surface area contributed by atoms with Crippen LogP contribution < -0.4 is 5.32 Å². The summed E-state index contributed by atoms with van der Waals surface area (Å²) in [5.74, 6) is -0.599. The van der Waals surface area contributed by atoms with E-state index >= 15 is 0 Å². The normalized spacial score (nSPS) is 23.1. The maximum atomic E-state index is 12.7.